The molecule has 9 heteroatoms. The van der Waals surface area contributed by atoms with Crippen LogP contribution < -0.4 is 14.4 Å². The van der Waals surface area contributed by atoms with Gasteiger partial charge >= 0.3 is 6.18 Å². The number of rotatable bonds is 6. The number of hydrogen-bond donors (Lipinski definition) is 1. The molecule has 0 fully saturated rings. The minimum absolute atomic E-state index is 0.0327. The molecular formula is C19H17F3N2O3S. The summed E-state index contributed by atoms with van der Waals surface area (Å²) in [4.78, 5) is 14.6. The Morgan fingerprint density at radius 1 is 1.18 bits per heavy atom. The van der Waals surface area contributed by atoms with E-state index in [4.69, 9.17) is 9.15 Å². The number of anilines is 1. The fraction of sp³-hybridized carbons (Fsp3) is 0.211. The van der Waals surface area contributed by atoms with Crippen molar-refractivity contribution < 1.29 is 27.1 Å². The fourth-order valence-corrected chi connectivity index (χ4v) is 3.05. The van der Waals surface area contributed by atoms with Crippen LogP contribution in [0.25, 0.3) is 11.0 Å². The average Bonchev–Trinajstić information content (AvgIpc) is 3.07. The summed E-state index contributed by atoms with van der Waals surface area (Å²) in [5, 5.41) is 0.773. The molecule has 1 heterocycles. The third-order valence-corrected chi connectivity index (χ3v) is 4.58. The number of alkyl halides is 3. The molecule has 1 N–H and O–H groups in total. The molecule has 0 saturated heterocycles. The summed E-state index contributed by atoms with van der Waals surface area (Å²) in [6, 6.07) is 13.3. The number of carbonyl (C=O) groups is 1. The molecule has 148 valence electrons. The second kappa shape index (κ2) is 8.05. The molecule has 0 atom stereocenters. The lowest BCUT2D eigenvalue weighted by Crippen LogP contribution is -2.20. The van der Waals surface area contributed by atoms with Gasteiger partial charge in [0.1, 0.15) is 11.3 Å². The van der Waals surface area contributed by atoms with Crippen molar-refractivity contribution in [2.75, 3.05) is 25.6 Å². The van der Waals surface area contributed by atoms with E-state index in [2.05, 4.69) is 4.72 Å². The van der Waals surface area contributed by atoms with Crippen LogP contribution >= 0.6 is 11.9 Å². The van der Waals surface area contributed by atoms with Gasteiger partial charge in [0.2, 0.25) is 0 Å². The summed E-state index contributed by atoms with van der Waals surface area (Å²) in [5.74, 6) is -0.365. The van der Waals surface area contributed by atoms with Crippen molar-refractivity contribution in [2.45, 2.75) is 11.1 Å². The van der Waals surface area contributed by atoms with E-state index in [-0.39, 0.29) is 11.5 Å². The van der Waals surface area contributed by atoms with E-state index in [9.17, 15) is 18.0 Å². The molecule has 2 aromatic carbocycles. The molecule has 0 aliphatic heterocycles. The van der Waals surface area contributed by atoms with Crippen molar-refractivity contribution in [3.8, 4) is 5.75 Å². The van der Waals surface area contributed by atoms with Gasteiger partial charge in [-0.05, 0) is 42.3 Å². The highest BCUT2D eigenvalue weighted by atomic mass is 32.2. The van der Waals surface area contributed by atoms with Crippen molar-refractivity contribution in [3.63, 3.8) is 0 Å². The summed E-state index contributed by atoms with van der Waals surface area (Å²) in [6.45, 7) is -1.41. The van der Waals surface area contributed by atoms with Crippen LogP contribution in [0.5, 0.6) is 5.75 Å². The number of ether oxygens (including phenoxy) is 1. The van der Waals surface area contributed by atoms with Crippen LogP contribution in [0.4, 0.5) is 18.9 Å². The standard InChI is InChI=1S/C19H17F3N2O3S/c1-24(2)13-8-7-12-9-16(27-15(12)10-13)18(25)23-28-17-6-4-3-5-14(17)26-11-19(20,21)22/h3-10H,11H2,1-2H3,(H,23,25). The lowest BCUT2D eigenvalue weighted by molar-refractivity contribution is -0.153. The van der Waals surface area contributed by atoms with Crippen LogP contribution in [-0.2, 0) is 0 Å². The highest BCUT2D eigenvalue weighted by Crippen LogP contribution is 2.30. The maximum atomic E-state index is 12.4. The van der Waals surface area contributed by atoms with Crippen molar-refractivity contribution in [2.24, 2.45) is 0 Å². The molecule has 0 radical (unpaired) electrons. The Balaban J connectivity index is 1.70. The monoisotopic (exact) mass is 410 g/mol. The first-order valence-electron chi connectivity index (χ1n) is 8.19. The Morgan fingerprint density at radius 2 is 1.93 bits per heavy atom. The molecule has 0 saturated carbocycles. The number of amides is 1. The average molecular weight is 410 g/mol. The number of para-hydroxylation sites is 1. The van der Waals surface area contributed by atoms with Crippen LogP contribution in [0, 0.1) is 0 Å². The zero-order valence-corrected chi connectivity index (χ0v) is 15.9. The van der Waals surface area contributed by atoms with E-state index in [0.717, 1.165) is 23.0 Å². The Labute approximate surface area is 163 Å². The molecule has 0 spiro atoms. The molecular weight excluding hydrogens is 393 g/mol. The Bertz CT molecular complexity index is 986. The molecule has 0 bridgehead atoms. The highest BCUT2D eigenvalue weighted by Gasteiger charge is 2.29. The maximum absolute atomic E-state index is 12.4. The first-order valence-corrected chi connectivity index (χ1v) is 9.01. The number of nitrogens with one attached hydrogen (secondary N) is 1. The predicted octanol–water partition coefficient (Wildman–Crippen LogP) is 4.88. The van der Waals surface area contributed by atoms with E-state index in [1.807, 2.05) is 37.2 Å². The summed E-state index contributed by atoms with van der Waals surface area (Å²) < 4.78 is 50.1. The maximum Gasteiger partial charge on any atom is 0.422 e. The van der Waals surface area contributed by atoms with Crippen molar-refractivity contribution in [1.82, 2.24) is 4.72 Å². The van der Waals surface area contributed by atoms with E-state index in [1.165, 1.54) is 6.07 Å². The van der Waals surface area contributed by atoms with Gasteiger partial charge in [-0.1, -0.05) is 12.1 Å². The molecule has 5 nitrogen and oxygen atoms in total. The van der Waals surface area contributed by atoms with Gasteiger partial charge in [0.15, 0.2) is 12.4 Å². The van der Waals surface area contributed by atoms with Gasteiger partial charge in [-0.2, -0.15) is 13.2 Å². The SMILES string of the molecule is CN(C)c1ccc2cc(C(=O)NSc3ccccc3OCC(F)(F)F)oc2c1. The van der Waals surface area contributed by atoms with Crippen LogP contribution in [0.1, 0.15) is 10.6 Å². The summed E-state index contributed by atoms with van der Waals surface area (Å²) in [7, 11) is 3.79. The Kier molecular flexibility index (Phi) is 5.73. The predicted molar refractivity (Wildman–Crippen MR) is 102 cm³/mol. The summed E-state index contributed by atoms with van der Waals surface area (Å²) in [5.41, 5.74) is 1.49. The van der Waals surface area contributed by atoms with Gasteiger partial charge in [0, 0.05) is 31.2 Å². The second-order valence-corrected chi connectivity index (χ2v) is 6.96. The number of hydrogen-bond acceptors (Lipinski definition) is 5. The molecule has 0 aliphatic carbocycles. The smallest absolute Gasteiger partial charge is 0.422 e. The molecule has 0 unspecified atom stereocenters. The second-order valence-electron chi connectivity index (χ2n) is 6.11. The molecule has 1 amide bonds. The summed E-state index contributed by atoms with van der Waals surface area (Å²) >= 11 is 0.858. The van der Waals surface area contributed by atoms with Crippen LogP contribution in [-0.4, -0.2) is 32.8 Å². The van der Waals surface area contributed by atoms with Crippen molar-refractivity contribution in [1.29, 1.82) is 0 Å². The third-order valence-electron chi connectivity index (χ3n) is 3.74. The number of fused-ring (bicyclic) bond motifs is 1. The highest BCUT2D eigenvalue weighted by molar-refractivity contribution is 7.98. The first-order chi connectivity index (χ1) is 13.2. The number of carbonyl (C=O) groups excluding carboxylic acids is 1. The molecule has 3 aromatic rings. The number of benzene rings is 2. The van der Waals surface area contributed by atoms with Gasteiger partial charge in [-0.15, -0.1) is 0 Å². The van der Waals surface area contributed by atoms with Gasteiger partial charge < -0.3 is 14.1 Å². The van der Waals surface area contributed by atoms with Crippen molar-refractivity contribution >= 4 is 34.5 Å². The molecule has 0 aliphatic rings. The largest absolute Gasteiger partial charge is 0.483 e. The van der Waals surface area contributed by atoms with E-state index in [1.54, 1.807) is 24.3 Å². The quantitative estimate of drug-likeness (QED) is 0.587. The van der Waals surface area contributed by atoms with Crippen LogP contribution in [0.2, 0.25) is 0 Å². The van der Waals surface area contributed by atoms with E-state index < -0.39 is 18.7 Å². The normalized spacial score (nSPS) is 11.5. The van der Waals surface area contributed by atoms with Gasteiger partial charge in [-0.3, -0.25) is 9.52 Å². The minimum Gasteiger partial charge on any atom is -0.483 e. The van der Waals surface area contributed by atoms with Crippen LogP contribution in [0.3, 0.4) is 0 Å². The lowest BCUT2D eigenvalue weighted by atomic mass is 10.2. The van der Waals surface area contributed by atoms with Gasteiger partial charge in [-0.25, -0.2) is 0 Å². The molecule has 28 heavy (non-hydrogen) atoms. The van der Waals surface area contributed by atoms with Gasteiger partial charge in [0.25, 0.3) is 5.91 Å². The van der Waals surface area contributed by atoms with E-state index >= 15 is 0 Å². The molecule has 3 rings (SSSR count). The Hall–Kier alpha value is -2.81. The van der Waals surface area contributed by atoms with Crippen LogP contribution in [0.15, 0.2) is 57.8 Å². The number of halogens is 3. The summed E-state index contributed by atoms with van der Waals surface area (Å²) in [6.07, 6.45) is -4.44. The Morgan fingerprint density at radius 3 is 2.64 bits per heavy atom. The first kappa shape index (κ1) is 19.9. The number of furan rings is 1. The minimum atomic E-state index is -4.44. The zero-order chi connectivity index (χ0) is 20.3. The lowest BCUT2D eigenvalue weighted by Gasteiger charge is -2.12. The zero-order valence-electron chi connectivity index (χ0n) is 15.0. The molecule has 1 aromatic heterocycles. The fourth-order valence-electron chi connectivity index (χ4n) is 2.37. The topological polar surface area (TPSA) is 54.7 Å². The third kappa shape index (κ3) is 4.92. The van der Waals surface area contributed by atoms with Gasteiger partial charge in [0.05, 0.1) is 4.90 Å². The van der Waals surface area contributed by atoms with Crippen molar-refractivity contribution in [3.05, 3.63) is 54.3 Å². The van der Waals surface area contributed by atoms with E-state index in [0.29, 0.717) is 10.5 Å². The number of nitrogens with zero attached hydrogens (tertiary/aromatic N) is 1.